The summed E-state index contributed by atoms with van der Waals surface area (Å²) in [6.07, 6.45) is 0. The Hall–Kier alpha value is -0.900. The molecule has 1 rings (SSSR count). The number of carbonyl (C=O) groups excluding carboxylic acids is 1. The van der Waals surface area contributed by atoms with E-state index in [2.05, 4.69) is 20.9 Å². The van der Waals surface area contributed by atoms with Crippen LogP contribution in [0.1, 0.15) is 16.1 Å². The van der Waals surface area contributed by atoms with Crippen LogP contribution in [0.25, 0.3) is 0 Å². The van der Waals surface area contributed by atoms with Crippen LogP contribution in [0.4, 0.5) is 0 Å². The molecule has 1 aromatic rings. The number of halogens is 1. The van der Waals surface area contributed by atoms with Gasteiger partial charge < -0.3 is 5.73 Å². The van der Waals surface area contributed by atoms with Crippen molar-refractivity contribution in [2.45, 2.75) is 6.92 Å². The maximum absolute atomic E-state index is 10.7. The minimum absolute atomic E-state index is 0.442. The third kappa shape index (κ3) is 1.77. The predicted octanol–water partition coefficient (Wildman–Crippen LogP) is 1.25. The lowest BCUT2D eigenvalue weighted by Gasteiger charge is -1.99. The number of nitrogens with zero attached hydrogens (tertiary/aromatic N) is 1. The molecule has 1 heterocycles. The first-order chi connectivity index (χ1) is 5.11. The number of aryl methyl sites for hydroxylation is 1. The summed E-state index contributed by atoms with van der Waals surface area (Å²) in [7, 11) is 0. The van der Waals surface area contributed by atoms with Crippen LogP contribution >= 0.6 is 15.9 Å². The lowest BCUT2D eigenvalue weighted by molar-refractivity contribution is 0.0999. The topological polar surface area (TPSA) is 56.0 Å². The summed E-state index contributed by atoms with van der Waals surface area (Å²) in [5, 5.41) is 0. The zero-order valence-electron chi connectivity index (χ0n) is 5.97. The molecule has 11 heavy (non-hydrogen) atoms. The monoisotopic (exact) mass is 214 g/mol. The van der Waals surface area contributed by atoms with E-state index in [0.717, 1.165) is 0 Å². The highest BCUT2D eigenvalue weighted by molar-refractivity contribution is 9.10. The Morgan fingerprint density at radius 3 is 2.73 bits per heavy atom. The molecule has 0 aliphatic rings. The van der Waals surface area contributed by atoms with Gasteiger partial charge in [-0.1, -0.05) is 0 Å². The zero-order chi connectivity index (χ0) is 8.43. The Morgan fingerprint density at radius 2 is 2.27 bits per heavy atom. The van der Waals surface area contributed by atoms with Gasteiger partial charge >= 0.3 is 0 Å². The minimum Gasteiger partial charge on any atom is -0.366 e. The van der Waals surface area contributed by atoms with Crippen molar-refractivity contribution in [1.82, 2.24) is 4.98 Å². The van der Waals surface area contributed by atoms with Crippen LogP contribution in [0.3, 0.4) is 0 Å². The predicted molar refractivity (Wildman–Crippen MR) is 45.2 cm³/mol. The van der Waals surface area contributed by atoms with Crippen molar-refractivity contribution in [3.05, 3.63) is 28.0 Å². The van der Waals surface area contributed by atoms with Crippen molar-refractivity contribution in [2.24, 2.45) is 5.73 Å². The number of primary amides is 1. The van der Waals surface area contributed by atoms with E-state index >= 15 is 0 Å². The first kappa shape index (κ1) is 8.20. The van der Waals surface area contributed by atoms with Gasteiger partial charge in [0.05, 0.1) is 11.3 Å². The smallest absolute Gasteiger partial charge is 0.250 e. The number of nitrogens with two attached hydrogens (primary N) is 1. The van der Waals surface area contributed by atoms with Gasteiger partial charge in [-0.2, -0.15) is 0 Å². The van der Waals surface area contributed by atoms with Crippen molar-refractivity contribution in [2.75, 3.05) is 0 Å². The van der Waals surface area contributed by atoms with E-state index in [1.807, 2.05) is 0 Å². The highest BCUT2D eigenvalue weighted by Crippen LogP contribution is 2.10. The molecule has 0 radical (unpaired) electrons. The molecule has 3 nitrogen and oxygen atoms in total. The number of hydrogen-bond donors (Lipinski definition) is 1. The van der Waals surface area contributed by atoms with Gasteiger partial charge in [0.1, 0.15) is 4.60 Å². The Balaban J connectivity index is 3.20. The third-order valence-electron chi connectivity index (χ3n) is 1.32. The molecule has 0 fully saturated rings. The molecule has 0 saturated heterocycles. The second-order valence-corrected chi connectivity index (χ2v) is 2.94. The normalized spacial score (nSPS) is 9.64. The Morgan fingerprint density at radius 1 is 1.64 bits per heavy atom. The zero-order valence-corrected chi connectivity index (χ0v) is 7.55. The van der Waals surface area contributed by atoms with E-state index < -0.39 is 5.91 Å². The second kappa shape index (κ2) is 3.00. The molecule has 1 amide bonds. The number of pyridine rings is 1. The number of aromatic nitrogens is 1. The van der Waals surface area contributed by atoms with Gasteiger partial charge in [-0.05, 0) is 35.0 Å². The van der Waals surface area contributed by atoms with Crippen molar-refractivity contribution >= 4 is 21.8 Å². The molecule has 58 valence electrons. The summed E-state index contributed by atoms with van der Waals surface area (Å²) >= 11 is 3.18. The van der Waals surface area contributed by atoms with Gasteiger partial charge in [0.2, 0.25) is 0 Å². The lowest BCUT2D eigenvalue weighted by Crippen LogP contribution is -2.13. The van der Waals surface area contributed by atoms with Gasteiger partial charge in [0, 0.05) is 0 Å². The van der Waals surface area contributed by atoms with E-state index in [9.17, 15) is 4.79 Å². The molecule has 0 atom stereocenters. The average Bonchev–Trinajstić information content (AvgIpc) is 1.85. The van der Waals surface area contributed by atoms with Crippen molar-refractivity contribution in [3.63, 3.8) is 0 Å². The molecule has 4 heteroatoms. The van der Waals surface area contributed by atoms with Crippen molar-refractivity contribution in [3.8, 4) is 0 Å². The van der Waals surface area contributed by atoms with Gasteiger partial charge in [-0.25, -0.2) is 4.98 Å². The summed E-state index contributed by atoms with van der Waals surface area (Å²) in [4.78, 5) is 14.7. The minimum atomic E-state index is -0.442. The number of hydrogen-bond acceptors (Lipinski definition) is 2. The van der Waals surface area contributed by atoms with Crippen LogP contribution in [-0.4, -0.2) is 10.9 Å². The largest absolute Gasteiger partial charge is 0.366 e. The molecule has 1 aromatic heterocycles. The van der Waals surface area contributed by atoms with Crippen LogP contribution in [0.15, 0.2) is 16.7 Å². The van der Waals surface area contributed by atoms with Gasteiger partial charge in [0.15, 0.2) is 0 Å². The molecule has 0 aliphatic carbocycles. The Kier molecular flexibility index (Phi) is 2.24. The van der Waals surface area contributed by atoms with E-state index in [0.29, 0.717) is 15.9 Å². The molecular weight excluding hydrogens is 208 g/mol. The fourth-order valence-corrected chi connectivity index (χ4v) is 1.19. The maximum Gasteiger partial charge on any atom is 0.250 e. The average molecular weight is 215 g/mol. The Labute approximate surface area is 72.7 Å². The third-order valence-corrected chi connectivity index (χ3v) is 1.76. The quantitative estimate of drug-likeness (QED) is 0.716. The molecule has 0 aromatic carbocycles. The molecule has 0 unspecified atom stereocenters. The van der Waals surface area contributed by atoms with E-state index in [4.69, 9.17) is 5.73 Å². The van der Waals surface area contributed by atoms with Crippen LogP contribution in [0, 0.1) is 6.92 Å². The number of rotatable bonds is 1. The fourth-order valence-electron chi connectivity index (χ4n) is 0.791. The first-order valence-electron chi connectivity index (χ1n) is 3.04. The summed E-state index contributed by atoms with van der Waals surface area (Å²) in [6, 6.07) is 3.34. The van der Waals surface area contributed by atoms with E-state index in [-0.39, 0.29) is 0 Å². The van der Waals surface area contributed by atoms with Crippen LogP contribution in [0.2, 0.25) is 0 Å². The molecule has 0 bridgehead atoms. The van der Waals surface area contributed by atoms with Gasteiger partial charge in [-0.3, -0.25) is 4.79 Å². The van der Waals surface area contributed by atoms with Crippen LogP contribution < -0.4 is 5.73 Å². The van der Waals surface area contributed by atoms with Crippen molar-refractivity contribution < 1.29 is 4.79 Å². The van der Waals surface area contributed by atoms with Crippen LogP contribution in [0.5, 0.6) is 0 Å². The molecule has 0 saturated carbocycles. The summed E-state index contributed by atoms with van der Waals surface area (Å²) < 4.78 is 0.708. The highest BCUT2D eigenvalue weighted by atomic mass is 79.9. The highest BCUT2D eigenvalue weighted by Gasteiger charge is 2.04. The molecule has 0 spiro atoms. The second-order valence-electron chi connectivity index (χ2n) is 2.13. The van der Waals surface area contributed by atoms with Crippen molar-refractivity contribution in [1.29, 1.82) is 0 Å². The van der Waals surface area contributed by atoms with E-state index in [1.54, 1.807) is 19.1 Å². The van der Waals surface area contributed by atoms with Gasteiger partial charge in [0.25, 0.3) is 5.91 Å². The molecule has 0 aliphatic heterocycles. The molecular formula is C7H7BrN2O. The standard InChI is InChI=1S/C7H7BrN2O/c1-4-5(7(9)11)2-3-6(8)10-4/h2-3H,1H3,(H2,9,11). The first-order valence-corrected chi connectivity index (χ1v) is 3.83. The summed E-state index contributed by atoms with van der Waals surface area (Å²) in [5.74, 6) is -0.442. The fraction of sp³-hybridized carbons (Fsp3) is 0.143. The number of carbonyl (C=O) groups is 1. The van der Waals surface area contributed by atoms with Crippen LogP contribution in [-0.2, 0) is 0 Å². The van der Waals surface area contributed by atoms with Gasteiger partial charge in [-0.15, -0.1) is 0 Å². The maximum atomic E-state index is 10.7. The summed E-state index contributed by atoms with van der Waals surface area (Å²) in [6.45, 7) is 1.74. The SMILES string of the molecule is Cc1nc(Br)ccc1C(N)=O. The number of amides is 1. The molecule has 2 N–H and O–H groups in total. The Bertz CT molecular complexity index is 298. The lowest BCUT2D eigenvalue weighted by atomic mass is 10.2. The summed E-state index contributed by atoms with van der Waals surface area (Å²) in [5.41, 5.74) is 6.18. The van der Waals surface area contributed by atoms with E-state index in [1.165, 1.54) is 0 Å².